The third-order valence-electron chi connectivity index (χ3n) is 7.20. The van der Waals surface area contributed by atoms with Crippen molar-refractivity contribution in [2.24, 2.45) is 0 Å². The first-order chi connectivity index (χ1) is 17.9. The molecule has 37 heavy (non-hydrogen) atoms. The number of imidazole rings is 1. The molecular weight excluding hydrogens is 471 g/mol. The Balaban J connectivity index is 1.49. The Kier molecular flexibility index (Phi) is 7.03. The van der Waals surface area contributed by atoms with E-state index in [1.54, 1.807) is 38.4 Å². The second-order valence-corrected chi connectivity index (χ2v) is 9.52. The van der Waals surface area contributed by atoms with Gasteiger partial charge in [0.15, 0.2) is 5.65 Å². The number of anilines is 2. The summed E-state index contributed by atoms with van der Waals surface area (Å²) in [7, 11) is 3.51. The summed E-state index contributed by atoms with van der Waals surface area (Å²) < 4.78 is 21.9. The number of methoxy groups -OCH3 is 1. The van der Waals surface area contributed by atoms with E-state index in [9.17, 15) is 9.18 Å². The summed E-state index contributed by atoms with van der Waals surface area (Å²) in [6.07, 6.45) is 5.78. The highest BCUT2D eigenvalue weighted by molar-refractivity contribution is 5.76. The van der Waals surface area contributed by atoms with Gasteiger partial charge in [0.1, 0.15) is 22.9 Å². The zero-order valence-corrected chi connectivity index (χ0v) is 21.3. The van der Waals surface area contributed by atoms with Gasteiger partial charge in [-0.3, -0.25) is 9.36 Å². The van der Waals surface area contributed by atoms with Crippen molar-refractivity contribution in [1.82, 2.24) is 24.4 Å². The summed E-state index contributed by atoms with van der Waals surface area (Å²) in [6, 6.07) is 14.7. The minimum atomic E-state index is -0.348. The number of aromatic nitrogens is 4. The van der Waals surface area contributed by atoms with E-state index < -0.39 is 0 Å². The van der Waals surface area contributed by atoms with Crippen LogP contribution in [-0.4, -0.2) is 50.5 Å². The number of benzene rings is 2. The van der Waals surface area contributed by atoms with Gasteiger partial charge >= 0.3 is 0 Å². The van der Waals surface area contributed by atoms with Crippen LogP contribution in [0.5, 0.6) is 5.75 Å². The third kappa shape index (κ3) is 5.26. The topological polar surface area (TPSA) is 85.2 Å². The largest absolute Gasteiger partial charge is 0.497 e. The lowest BCUT2D eigenvalue weighted by molar-refractivity contribution is -0.130. The van der Waals surface area contributed by atoms with E-state index in [2.05, 4.69) is 14.9 Å². The SMILES string of the molecule is COc1ccc(Cc2ncc3nc(Nc4ccccc4F)n([C@H]4CC[C@H](N(C)C(C)=O)CC4)c3n2)cc1. The van der Waals surface area contributed by atoms with Crippen LogP contribution in [0.15, 0.2) is 54.7 Å². The van der Waals surface area contributed by atoms with Gasteiger partial charge in [0.25, 0.3) is 0 Å². The lowest BCUT2D eigenvalue weighted by Crippen LogP contribution is -2.38. The number of carbonyl (C=O) groups excluding carboxylic acids is 1. The minimum absolute atomic E-state index is 0.0781. The first kappa shape index (κ1) is 24.7. The van der Waals surface area contributed by atoms with Crippen LogP contribution in [0.1, 0.15) is 50.0 Å². The number of para-hydroxylation sites is 1. The molecule has 1 aliphatic rings. The quantitative estimate of drug-likeness (QED) is 0.371. The molecule has 0 atom stereocenters. The van der Waals surface area contributed by atoms with E-state index in [4.69, 9.17) is 14.7 Å². The molecule has 0 saturated heterocycles. The number of rotatable bonds is 7. The summed E-state index contributed by atoms with van der Waals surface area (Å²) in [6.45, 7) is 1.60. The number of ether oxygens (including phenoxy) is 1. The van der Waals surface area contributed by atoms with Gasteiger partial charge < -0.3 is 15.0 Å². The van der Waals surface area contributed by atoms with Crippen LogP contribution in [0.3, 0.4) is 0 Å². The summed E-state index contributed by atoms with van der Waals surface area (Å²) in [5, 5.41) is 3.19. The second kappa shape index (κ2) is 10.5. The maximum atomic E-state index is 14.5. The van der Waals surface area contributed by atoms with Crippen molar-refractivity contribution in [2.45, 2.75) is 51.1 Å². The third-order valence-corrected chi connectivity index (χ3v) is 7.20. The Hall–Kier alpha value is -4.01. The minimum Gasteiger partial charge on any atom is -0.497 e. The van der Waals surface area contributed by atoms with Crippen LogP contribution in [0, 0.1) is 5.82 Å². The molecule has 8 nitrogen and oxygen atoms in total. The maximum absolute atomic E-state index is 14.5. The van der Waals surface area contributed by atoms with Gasteiger partial charge in [0, 0.05) is 32.5 Å². The molecule has 1 N–H and O–H groups in total. The van der Waals surface area contributed by atoms with Crippen LogP contribution < -0.4 is 10.1 Å². The molecule has 0 unspecified atom stereocenters. The highest BCUT2D eigenvalue weighted by Gasteiger charge is 2.29. The van der Waals surface area contributed by atoms with Crippen molar-refractivity contribution in [2.75, 3.05) is 19.5 Å². The van der Waals surface area contributed by atoms with E-state index in [0.717, 1.165) is 42.6 Å². The van der Waals surface area contributed by atoms with E-state index >= 15 is 0 Å². The molecule has 1 fully saturated rings. The molecule has 0 bridgehead atoms. The first-order valence-corrected chi connectivity index (χ1v) is 12.5. The van der Waals surface area contributed by atoms with Gasteiger partial charge in [-0.1, -0.05) is 24.3 Å². The molecule has 2 aromatic carbocycles. The number of amides is 1. The van der Waals surface area contributed by atoms with Crippen LogP contribution in [0.25, 0.3) is 11.2 Å². The van der Waals surface area contributed by atoms with Gasteiger partial charge in [0.2, 0.25) is 11.9 Å². The summed E-state index contributed by atoms with van der Waals surface area (Å²) in [4.78, 5) is 27.9. The predicted molar refractivity (Wildman–Crippen MR) is 141 cm³/mol. The molecule has 1 saturated carbocycles. The van der Waals surface area contributed by atoms with Crippen molar-refractivity contribution in [1.29, 1.82) is 0 Å². The first-order valence-electron chi connectivity index (χ1n) is 12.5. The average Bonchev–Trinajstić information content (AvgIpc) is 3.27. The molecule has 5 rings (SSSR count). The number of halogens is 1. The Labute approximate surface area is 215 Å². The number of hydrogen-bond acceptors (Lipinski definition) is 6. The van der Waals surface area contributed by atoms with Gasteiger partial charge in [-0.05, 0) is 55.5 Å². The number of nitrogens with zero attached hydrogens (tertiary/aromatic N) is 5. The Bertz CT molecular complexity index is 1400. The molecule has 0 radical (unpaired) electrons. The standard InChI is InChI=1S/C28H31FN6O2/c1-18(36)34(2)20-10-12-21(13-11-20)35-27-25(32-28(35)31-24-7-5-4-6-23(24)29)17-30-26(33-27)16-19-8-14-22(37-3)15-9-19/h4-9,14-15,17,20-21H,10-13,16H2,1-3H3,(H,31,32)/t20-,21-. The van der Waals surface area contributed by atoms with Gasteiger partial charge in [-0.25, -0.2) is 19.3 Å². The molecule has 0 spiro atoms. The van der Waals surface area contributed by atoms with Crippen molar-refractivity contribution in [3.63, 3.8) is 0 Å². The van der Waals surface area contributed by atoms with E-state index in [1.807, 2.05) is 36.2 Å². The van der Waals surface area contributed by atoms with E-state index in [1.165, 1.54) is 6.07 Å². The Morgan fingerprint density at radius 2 is 1.84 bits per heavy atom. The molecule has 4 aromatic rings. The van der Waals surface area contributed by atoms with Crippen LogP contribution >= 0.6 is 0 Å². The van der Waals surface area contributed by atoms with E-state index in [0.29, 0.717) is 29.4 Å². The highest BCUT2D eigenvalue weighted by atomic mass is 19.1. The molecule has 9 heteroatoms. The number of fused-ring (bicyclic) bond motifs is 1. The molecule has 2 heterocycles. The fourth-order valence-corrected chi connectivity index (χ4v) is 5.02. The van der Waals surface area contributed by atoms with Gasteiger partial charge in [-0.15, -0.1) is 0 Å². The molecule has 0 aliphatic heterocycles. The smallest absolute Gasteiger partial charge is 0.219 e. The van der Waals surface area contributed by atoms with Crippen LogP contribution in [-0.2, 0) is 11.2 Å². The number of nitrogens with one attached hydrogen (secondary N) is 1. The van der Waals surface area contributed by atoms with Crippen molar-refractivity contribution in [3.05, 3.63) is 71.9 Å². The molecule has 2 aromatic heterocycles. The summed E-state index contributed by atoms with van der Waals surface area (Å²) in [5.74, 6) is 1.75. The van der Waals surface area contributed by atoms with E-state index in [-0.39, 0.29) is 23.8 Å². The Morgan fingerprint density at radius 1 is 1.11 bits per heavy atom. The fourth-order valence-electron chi connectivity index (χ4n) is 5.02. The lowest BCUT2D eigenvalue weighted by atomic mass is 9.90. The Morgan fingerprint density at radius 3 is 2.51 bits per heavy atom. The van der Waals surface area contributed by atoms with Crippen molar-refractivity contribution >= 4 is 28.7 Å². The van der Waals surface area contributed by atoms with Gasteiger partial charge in [-0.2, -0.15) is 0 Å². The van der Waals surface area contributed by atoms with Gasteiger partial charge in [0.05, 0.1) is 19.0 Å². The normalized spacial score (nSPS) is 17.5. The summed E-state index contributed by atoms with van der Waals surface area (Å²) in [5.41, 5.74) is 2.81. The predicted octanol–water partition coefficient (Wildman–Crippen LogP) is 5.27. The number of hydrogen-bond donors (Lipinski definition) is 1. The van der Waals surface area contributed by atoms with Crippen molar-refractivity contribution < 1.29 is 13.9 Å². The molecule has 192 valence electrons. The van der Waals surface area contributed by atoms with Crippen LogP contribution in [0.2, 0.25) is 0 Å². The zero-order valence-electron chi connectivity index (χ0n) is 21.3. The molecule has 1 aliphatic carbocycles. The lowest BCUT2D eigenvalue weighted by Gasteiger charge is -2.35. The highest BCUT2D eigenvalue weighted by Crippen LogP contribution is 2.36. The summed E-state index contributed by atoms with van der Waals surface area (Å²) >= 11 is 0. The maximum Gasteiger partial charge on any atom is 0.219 e. The molecule has 1 amide bonds. The zero-order chi connectivity index (χ0) is 25.9. The number of carbonyl (C=O) groups is 1. The molecular formula is C28H31FN6O2. The fraction of sp³-hybridized carbons (Fsp3) is 0.357. The monoisotopic (exact) mass is 502 g/mol. The van der Waals surface area contributed by atoms with Crippen LogP contribution in [0.4, 0.5) is 16.0 Å². The average molecular weight is 503 g/mol. The second-order valence-electron chi connectivity index (χ2n) is 9.52. The van der Waals surface area contributed by atoms with Crippen molar-refractivity contribution in [3.8, 4) is 5.75 Å².